The lowest BCUT2D eigenvalue weighted by atomic mass is 9.67. The second-order valence-electron chi connectivity index (χ2n) is 23.8. The molecule has 14 aromatic carbocycles. The maximum absolute atomic E-state index is 17.7. The fraction of sp³-hybridized carbons (Fsp3) is 0.0118. The molecule has 6 heteroatoms. The van der Waals surface area contributed by atoms with Crippen LogP contribution in [0.3, 0.4) is 0 Å². The molecule has 91 heavy (non-hydrogen) atoms. The zero-order chi connectivity index (χ0) is 60.3. The molecule has 1 aliphatic rings. The summed E-state index contributed by atoms with van der Waals surface area (Å²) in [5.74, 6) is -0.795. The van der Waals surface area contributed by atoms with Crippen molar-refractivity contribution in [1.82, 2.24) is 9.13 Å². The number of rotatable bonds is 10. The fourth-order valence-corrected chi connectivity index (χ4v) is 14.9. The second-order valence-corrected chi connectivity index (χ2v) is 23.8. The van der Waals surface area contributed by atoms with Gasteiger partial charge in [-0.25, -0.2) is 8.78 Å². The van der Waals surface area contributed by atoms with Gasteiger partial charge in [-0.3, -0.25) is 0 Å². The van der Waals surface area contributed by atoms with Crippen LogP contribution in [0, 0.1) is 11.6 Å². The summed E-state index contributed by atoms with van der Waals surface area (Å²) in [6, 6.07) is 110. The first-order valence-corrected chi connectivity index (χ1v) is 30.8. The Bertz CT molecular complexity index is 5400. The van der Waals surface area contributed by atoms with Gasteiger partial charge < -0.3 is 18.5 Å². The Morgan fingerprint density at radius 2 is 0.736 bits per heavy atom. The second kappa shape index (κ2) is 20.6. The Labute approximate surface area is 523 Å². The lowest BCUT2D eigenvalue weighted by molar-refractivity contribution is 0.616. The number of benzene rings is 14. The third-order valence-corrected chi connectivity index (χ3v) is 19.0. The molecule has 0 aliphatic heterocycles. The van der Waals surface area contributed by atoms with E-state index in [-0.39, 0.29) is 5.82 Å². The third kappa shape index (κ3) is 8.12. The smallest absolute Gasteiger partial charge is 0.143 e. The van der Waals surface area contributed by atoms with Crippen LogP contribution in [0.4, 0.5) is 25.8 Å². The summed E-state index contributed by atoms with van der Waals surface area (Å²) in [6.45, 7) is 0. The van der Waals surface area contributed by atoms with E-state index in [0.29, 0.717) is 11.3 Å². The minimum Gasteiger partial charge on any atom is -0.455 e. The average Bonchev–Trinajstić information content (AvgIpc) is 1.54. The summed E-state index contributed by atoms with van der Waals surface area (Å²) < 4.78 is 45.3. The monoisotopic (exact) mass is 1170 g/mol. The van der Waals surface area contributed by atoms with Crippen LogP contribution in [0.5, 0.6) is 0 Å². The first-order chi connectivity index (χ1) is 44.9. The predicted octanol–water partition coefficient (Wildman–Crippen LogP) is 22.9. The van der Waals surface area contributed by atoms with Crippen LogP contribution >= 0.6 is 0 Å². The zero-order valence-corrected chi connectivity index (χ0v) is 49.1. The number of fused-ring (bicyclic) bond motifs is 12. The molecule has 428 valence electrons. The Morgan fingerprint density at radius 3 is 1.26 bits per heavy atom. The van der Waals surface area contributed by atoms with Crippen LogP contribution in [0.15, 0.2) is 326 Å². The number of furan rings is 1. The van der Waals surface area contributed by atoms with E-state index in [0.717, 1.165) is 128 Å². The average molecular weight is 1170 g/mol. The molecule has 1 unspecified atom stereocenters. The van der Waals surface area contributed by atoms with Crippen LogP contribution in [-0.4, -0.2) is 9.13 Å². The number of halogens is 2. The van der Waals surface area contributed by atoms with E-state index < -0.39 is 11.2 Å². The van der Waals surface area contributed by atoms with Gasteiger partial charge in [-0.2, -0.15) is 0 Å². The van der Waals surface area contributed by atoms with Gasteiger partial charge in [-0.05, 0) is 159 Å². The first kappa shape index (κ1) is 52.3. The highest BCUT2D eigenvalue weighted by Gasteiger charge is 2.48. The van der Waals surface area contributed by atoms with E-state index >= 15 is 8.78 Å². The van der Waals surface area contributed by atoms with E-state index in [1.807, 2.05) is 42.5 Å². The molecule has 1 atom stereocenters. The van der Waals surface area contributed by atoms with Crippen molar-refractivity contribution in [3.63, 3.8) is 0 Å². The van der Waals surface area contributed by atoms with Gasteiger partial charge in [-0.15, -0.1) is 0 Å². The fourth-order valence-electron chi connectivity index (χ4n) is 14.9. The summed E-state index contributed by atoms with van der Waals surface area (Å²) in [4.78, 5) is 2.16. The van der Waals surface area contributed by atoms with Gasteiger partial charge in [0.15, 0.2) is 0 Å². The Morgan fingerprint density at radius 1 is 0.308 bits per heavy atom. The molecule has 1 aliphatic carbocycles. The largest absolute Gasteiger partial charge is 0.455 e. The molecule has 0 saturated carbocycles. The van der Waals surface area contributed by atoms with Gasteiger partial charge in [0.05, 0.1) is 33.2 Å². The zero-order valence-electron chi connectivity index (χ0n) is 49.1. The molecule has 0 spiro atoms. The van der Waals surface area contributed by atoms with Gasteiger partial charge in [-0.1, -0.05) is 218 Å². The van der Waals surface area contributed by atoms with Gasteiger partial charge in [0.1, 0.15) is 22.8 Å². The summed E-state index contributed by atoms with van der Waals surface area (Å²) in [7, 11) is 0. The lowest BCUT2D eigenvalue weighted by Gasteiger charge is -2.34. The summed E-state index contributed by atoms with van der Waals surface area (Å²) >= 11 is 0. The molecular formula is C85H53F2N3O. The molecule has 0 N–H and O–H groups in total. The molecule has 4 nitrogen and oxygen atoms in total. The standard InChI is InChI=1S/C85H53F2N3O/c86-61-41-50-74-75(51-61)85(59-15-2-1-3-16-59,60-39-29-58(30-40-60)67-22-14-23-73-72-21-8-13-28-82(72)91-84(67)73)76-52-62(87)53-81(83(74)76)88(63-42-31-54(32-43-63)56-35-46-65(47-36-56)89-77-24-9-4-17-68(77)69-18-5-10-25-78(69)89)64-44-33-55(34-45-64)57-37-48-66(49-38-57)90-79-26-11-6-19-70(79)71-20-7-12-27-80(71)90/h1-53H. The van der Waals surface area contributed by atoms with Crippen LogP contribution in [0.25, 0.3) is 121 Å². The normalized spacial score (nSPS) is 13.6. The van der Waals surface area contributed by atoms with E-state index in [1.54, 1.807) is 18.2 Å². The van der Waals surface area contributed by atoms with Gasteiger partial charge >= 0.3 is 0 Å². The predicted molar refractivity (Wildman–Crippen MR) is 371 cm³/mol. The number of hydrogen-bond acceptors (Lipinski definition) is 2. The Kier molecular flexibility index (Phi) is 11.9. The number of nitrogens with zero attached hydrogens (tertiary/aromatic N) is 3. The van der Waals surface area contributed by atoms with Crippen LogP contribution < -0.4 is 4.90 Å². The summed E-state index contributed by atoms with van der Waals surface area (Å²) in [5, 5.41) is 6.97. The Balaban J connectivity index is 0.783. The SMILES string of the molecule is Fc1ccc2c(c1)C(c1ccccc1)(c1ccc(-c3cccc4c3oc3ccccc34)cc1)c1cc(F)cc(N(c3ccc(-c4ccc(-n5c6ccccc6c6ccccc65)cc4)cc3)c3ccc(-c4ccc(-n5c6ccccc6c6ccccc65)cc4)cc3)c1-2. The molecular weight excluding hydrogens is 1120 g/mol. The maximum atomic E-state index is 17.7. The third-order valence-electron chi connectivity index (χ3n) is 19.0. The Hall–Kier alpha value is -11.9. The highest BCUT2D eigenvalue weighted by molar-refractivity contribution is 6.12. The van der Waals surface area contributed by atoms with E-state index in [1.165, 1.54) is 27.6 Å². The molecule has 17 aromatic rings. The maximum Gasteiger partial charge on any atom is 0.143 e. The van der Waals surface area contributed by atoms with Crippen molar-refractivity contribution in [2.75, 3.05) is 4.90 Å². The molecule has 0 saturated heterocycles. The highest BCUT2D eigenvalue weighted by atomic mass is 19.1. The van der Waals surface area contributed by atoms with Gasteiger partial charge in [0, 0.05) is 66.2 Å². The van der Waals surface area contributed by atoms with Crippen LogP contribution in [-0.2, 0) is 5.41 Å². The molecule has 18 rings (SSSR count). The molecule has 0 radical (unpaired) electrons. The van der Waals surface area contributed by atoms with Crippen molar-refractivity contribution in [3.8, 4) is 55.9 Å². The number of aromatic nitrogens is 2. The van der Waals surface area contributed by atoms with Crippen molar-refractivity contribution in [1.29, 1.82) is 0 Å². The first-order valence-electron chi connectivity index (χ1n) is 30.8. The van der Waals surface area contributed by atoms with Crippen LogP contribution in [0.2, 0.25) is 0 Å². The molecule has 3 heterocycles. The minimum atomic E-state index is -1.15. The molecule has 0 bridgehead atoms. The quantitative estimate of drug-likeness (QED) is 0.136. The van der Waals surface area contributed by atoms with Gasteiger partial charge in [0.2, 0.25) is 0 Å². The number of anilines is 3. The summed E-state index contributed by atoms with van der Waals surface area (Å²) in [6.07, 6.45) is 0. The molecule has 0 amide bonds. The number of para-hydroxylation sites is 6. The van der Waals surface area contributed by atoms with Crippen molar-refractivity contribution < 1.29 is 13.2 Å². The minimum absolute atomic E-state index is 0.378. The summed E-state index contributed by atoms with van der Waals surface area (Å²) in [5.41, 5.74) is 20.5. The van der Waals surface area contributed by atoms with Crippen molar-refractivity contribution in [2.24, 2.45) is 0 Å². The van der Waals surface area contributed by atoms with Crippen LogP contribution in [0.1, 0.15) is 22.3 Å². The van der Waals surface area contributed by atoms with Crippen molar-refractivity contribution >= 4 is 82.6 Å². The number of hydrogen-bond donors (Lipinski definition) is 0. The molecule has 3 aromatic heterocycles. The highest BCUT2D eigenvalue weighted by Crippen LogP contribution is 2.60. The van der Waals surface area contributed by atoms with E-state index in [9.17, 15) is 0 Å². The lowest BCUT2D eigenvalue weighted by Crippen LogP contribution is -2.29. The molecule has 0 fully saturated rings. The topological polar surface area (TPSA) is 26.2 Å². The van der Waals surface area contributed by atoms with Crippen molar-refractivity contribution in [3.05, 3.63) is 355 Å². The van der Waals surface area contributed by atoms with E-state index in [2.05, 4.69) is 269 Å². The van der Waals surface area contributed by atoms with Gasteiger partial charge in [0.25, 0.3) is 0 Å². The van der Waals surface area contributed by atoms with E-state index in [4.69, 9.17) is 4.42 Å². The van der Waals surface area contributed by atoms with Crippen molar-refractivity contribution in [2.45, 2.75) is 5.41 Å².